The summed E-state index contributed by atoms with van der Waals surface area (Å²) in [7, 11) is 0. The van der Waals surface area contributed by atoms with Crippen LogP contribution in [0.4, 0.5) is 0 Å². The van der Waals surface area contributed by atoms with Crippen LogP contribution in [0.1, 0.15) is 44.2 Å². The molecule has 8 heteroatoms. The lowest BCUT2D eigenvalue weighted by atomic mass is 10.0. The lowest BCUT2D eigenvalue weighted by molar-refractivity contribution is 0.0945. The molecule has 2 aromatic carbocycles. The number of carbonyl (C=O) groups excluding carboxylic acids is 1. The Hall–Kier alpha value is -4.17. The third-order valence-electron chi connectivity index (χ3n) is 6.06. The van der Waals surface area contributed by atoms with Crippen molar-refractivity contribution in [1.29, 1.82) is 0 Å². The van der Waals surface area contributed by atoms with Gasteiger partial charge in [-0.3, -0.25) is 14.7 Å². The summed E-state index contributed by atoms with van der Waals surface area (Å²) in [6.45, 7) is 6.61. The molecule has 1 N–H and O–H groups in total. The number of oxazole rings is 1. The second kappa shape index (κ2) is 10.6. The van der Waals surface area contributed by atoms with Crippen LogP contribution < -0.4 is 14.8 Å². The van der Waals surface area contributed by atoms with Crippen molar-refractivity contribution in [3.05, 3.63) is 107 Å². The molecule has 0 fully saturated rings. The average Bonchev–Trinajstić information content (AvgIpc) is 3.55. The van der Waals surface area contributed by atoms with Gasteiger partial charge >= 0.3 is 0 Å². The van der Waals surface area contributed by atoms with Gasteiger partial charge in [-0.15, -0.1) is 0 Å². The van der Waals surface area contributed by atoms with Crippen molar-refractivity contribution in [1.82, 2.24) is 20.2 Å². The SMILES string of the molecule is Cc1ccc(C)c(CN(Cc2ccc3c(c2)OCO3)Cc2nc(C(=O)NCc3cccnc3)co2)c1. The minimum Gasteiger partial charge on any atom is -0.454 e. The zero-order valence-electron chi connectivity index (χ0n) is 20.4. The maximum Gasteiger partial charge on any atom is 0.273 e. The van der Waals surface area contributed by atoms with Crippen molar-refractivity contribution < 1.29 is 18.7 Å². The molecular weight excluding hydrogens is 456 g/mol. The third-order valence-corrected chi connectivity index (χ3v) is 6.06. The van der Waals surface area contributed by atoms with Crippen LogP contribution in [-0.4, -0.2) is 27.6 Å². The molecule has 0 spiro atoms. The first-order chi connectivity index (χ1) is 17.5. The number of hydrogen-bond donors (Lipinski definition) is 1. The lowest BCUT2D eigenvalue weighted by Gasteiger charge is -2.22. The predicted octanol–water partition coefficient (Wildman–Crippen LogP) is 4.55. The van der Waals surface area contributed by atoms with Crippen LogP contribution in [0, 0.1) is 13.8 Å². The van der Waals surface area contributed by atoms with Gasteiger partial charge in [0.05, 0.1) is 6.54 Å². The van der Waals surface area contributed by atoms with E-state index < -0.39 is 0 Å². The molecule has 1 aliphatic heterocycles. The molecule has 0 aliphatic carbocycles. The minimum absolute atomic E-state index is 0.243. The third kappa shape index (κ3) is 5.72. The van der Waals surface area contributed by atoms with Crippen LogP contribution in [0.3, 0.4) is 0 Å². The Bertz CT molecular complexity index is 1350. The van der Waals surface area contributed by atoms with E-state index in [2.05, 4.69) is 52.2 Å². The number of benzene rings is 2. The Balaban J connectivity index is 1.31. The van der Waals surface area contributed by atoms with Gasteiger partial charge in [0.2, 0.25) is 12.7 Å². The molecule has 0 saturated heterocycles. The molecule has 8 nitrogen and oxygen atoms in total. The monoisotopic (exact) mass is 484 g/mol. The number of rotatable bonds is 9. The summed E-state index contributed by atoms with van der Waals surface area (Å²) in [5, 5.41) is 2.86. The Morgan fingerprint density at radius 3 is 2.75 bits per heavy atom. The second-order valence-electron chi connectivity index (χ2n) is 8.93. The Labute approximate surface area is 209 Å². The number of nitrogens with one attached hydrogen (secondary N) is 1. The van der Waals surface area contributed by atoms with E-state index in [0.717, 1.165) is 22.6 Å². The van der Waals surface area contributed by atoms with E-state index in [1.54, 1.807) is 12.4 Å². The highest BCUT2D eigenvalue weighted by molar-refractivity contribution is 5.91. The highest BCUT2D eigenvalue weighted by atomic mass is 16.7. The first-order valence-electron chi connectivity index (χ1n) is 11.8. The summed E-state index contributed by atoms with van der Waals surface area (Å²) >= 11 is 0. The molecule has 3 heterocycles. The summed E-state index contributed by atoms with van der Waals surface area (Å²) in [6, 6.07) is 16.2. The van der Waals surface area contributed by atoms with Crippen molar-refractivity contribution in [2.75, 3.05) is 6.79 Å². The molecule has 184 valence electrons. The molecule has 2 aromatic heterocycles. The molecule has 0 radical (unpaired) electrons. The van der Waals surface area contributed by atoms with Crippen molar-refractivity contribution in [2.24, 2.45) is 0 Å². The highest BCUT2D eigenvalue weighted by Gasteiger charge is 2.19. The van der Waals surface area contributed by atoms with Gasteiger partial charge < -0.3 is 19.2 Å². The number of aryl methyl sites for hydroxylation is 2. The van der Waals surface area contributed by atoms with E-state index in [1.807, 2.05) is 30.3 Å². The fourth-order valence-electron chi connectivity index (χ4n) is 4.13. The fraction of sp³-hybridized carbons (Fsp3) is 0.250. The zero-order valence-corrected chi connectivity index (χ0v) is 20.4. The predicted molar refractivity (Wildman–Crippen MR) is 133 cm³/mol. The van der Waals surface area contributed by atoms with E-state index in [9.17, 15) is 4.79 Å². The number of ether oxygens (including phenoxy) is 2. The van der Waals surface area contributed by atoms with Gasteiger partial charge in [0, 0.05) is 32.0 Å². The molecule has 36 heavy (non-hydrogen) atoms. The van der Waals surface area contributed by atoms with Gasteiger partial charge in [0.25, 0.3) is 5.91 Å². The fourth-order valence-corrected chi connectivity index (χ4v) is 4.13. The molecule has 1 aliphatic rings. The normalized spacial score (nSPS) is 12.2. The average molecular weight is 485 g/mol. The van der Waals surface area contributed by atoms with Crippen LogP contribution in [0.2, 0.25) is 0 Å². The van der Waals surface area contributed by atoms with Crippen molar-refractivity contribution in [2.45, 2.75) is 40.0 Å². The van der Waals surface area contributed by atoms with Gasteiger partial charge in [-0.25, -0.2) is 4.98 Å². The molecule has 0 saturated carbocycles. The van der Waals surface area contributed by atoms with E-state index in [0.29, 0.717) is 32.1 Å². The van der Waals surface area contributed by atoms with E-state index in [-0.39, 0.29) is 18.4 Å². The Morgan fingerprint density at radius 1 is 1.00 bits per heavy atom. The summed E-state index contributed by atoms with van der Waals surface area (Å²) in [5.41, 5.74) is 5.92. The van der Waals surface area contributed by atoms with Crippen LogP contribution in [0.5, 0.6) is 11.5 Å². The standard InChI is InChI=1S/C28H28N4O4/c1-19-5-6-20(2)23(10-19)15-32(14-21-7-8-25-26(11-21)36-18-35-25)16-27-31-24(17-34-27)28(33)30-13-22-4-3-9-29-12-22/h3-12,17H,13-16,18H2,1-2H3,(H,30,33). The maximum absolute atomic E-state index is 12.6. The summed E-state index contributed by atoms with van der Waals surface area (Å²) in [4.78, 5) is 23.4. The van der Waals surface area contributed by atoms with Gasteiger partial charge in [-0.05, 0) is 54.3 Å². The number of aromatic nitrogens is 2. The van der Waals surface area contributed by atoms with Gasteiger partial charge in [0.15, 0.2) is 17.2 Å². The molecular formula is C28H28N4O4. The van der Waals surface area contributed by atoms with Crippen LogP contribution in [0.25, 0.3) is 0 Å². The van der Waals surface area contributed by atoms with Crippen molar-refractivity contribution in [3.63, 3.8) is 0 Å². The second-order valence-corrected chi connectivity index (χ2v) is 8.93. The van der Waals surface area contributed by atoms with Crippen LogP contribution >= 0.6 is 0 Å². The minimum atomic E-state index is -0.286. The summed E-state index contributed by atoms with van der Waals surface area (Å²) in [6.07, 6.45) is 4.82. The van der Waals surface area contributed by atoms with Gasteiger partial charge in [-0.2, -0.15) is 0 Å². The number of pyridine rings is 1. The molecule has 0 bridgehead atoms. The Kier molecular flexibility index (Phi) is 6.95. The van der Waals surface area contributed by atoms with E-state index in [4.69, 9.17) is 13.9 Å². The first kappa shape index (κ1) is 23.6. The van der Waals surface area contributed by atoms with Crippen molar-refractivity contribution in [3.8, 4) is 11.5 Å². The Morgan fingerprint density at radius 2 is 1.89 bits per heavy atom. The summed E-state index contributed by atoms with van der Waals surface area (Å²) < 4.78 is 16.7. The van der Waals surface area contributed by atoms with Crippen molar-refractivity contribution >= 4 is 5.91 Å². The maximum atomic E-state index is 12.6. The van der Waals surface area contributed by atoms with Crippen LogP contribution in [-0.2, 0) is 26.2 Å². The van der Waals surface area contributed by atoms with Gasteiger partial charge in [0.1, 0.15) is 6.26 Å². The zero-order chi connectivity index (χ0) is 24.9. The van der Waals surface area contributed by atoms with E-state index >= 15 is 0 Å². The highest BCUT2D eigenvalue weighted by Crippen LogP contribution is 2.33. The number of amides is 1. The van der Waals surface area contributed by atoms with E-state index in [1.165, 1.54) is 23.0 Å². The summed E-state index contributed by atoms with van der Waals surface area (Å²) in [5.74, 6) is 1.70. The largest absolute Gasteiger partial charge is 0.454 e. The quantitative estimate of drug-likeness (QED) is 0.373. The number of fused-ring (bicyclic) bond motifs is 1. The molecule has 4 aromatic rings. The topological polar surface area (TPSA) is 89.7 Å². The number of carbonyl (C=O) groups is 1. The molecule has 0 unspecified atom stereocenters. The molecule has 5 rings (SSSR count). The molecule has 0 atom stereocenters. The lowest BCUT2D eigenvalue weighted by Crippen LogP contribution is -2.24. The van der Waals surface area contributed by atoms with Gasteiger partial charge in [-0.1, -0.05) is 35.9 Å². The van der Waals surface area contributed by atoms with Crippen LogP contribution in [0.15, 0.2) is 71.6 Å². The number of hydrogen-bond acceptors (Lipinski definition) is 7. The first-order valence-corrected chi connectivity index (χ1v) is 11.8. The smallest absolute Gasteiger partial charge is 0.273 e. The number of nitrogens with zero attached hydrogens (tertiary/aromatic N) is 3. The molecule has 1 amide bonds.